The fourth-order valence-electron chi connectivity index (χ4n) is 2.72. The molecule has 0 bridgehead atoms. The molecule has 1 aromatic heterocycles. The van der Waals surface area contributed by atoms with E-state index in [0.717, 1.165) is 36.1 Å². The zero-order valence-electron chi connectivity index (χ0n) is 13.7. The van der Waals surface area contributed by atoms with Gasteiger partial charge in [-0.05, 0) is 37.3 Å². The number of hydrogen-bond donors (Lipinski definition) is 2. The standard InChI is InChI=1S/C18H15ClN4O2S/c19-14-7-3-1-5-11(14)10-21-23-17(25)16(24)22-18-13(9-20)12-6-2-4-8-15(12)26-18/h1,3,5,7,10H,2,4,6,8H2,(H,22,24)(H,23,25)/b21-10-. The minimum atomic E-state index is -0.913. The molecule has 8 heteroatoms. The SMILES string of the molecule is N#Cc1c(NC(=O)C(=O)N/N=C\c2ccccc2Cl)sc2c1CCCC2. The number of thiophene rings is 1. The summed E-state index contributed by atoms with van der Waals surface area (Å²) in [6, 6.07) is 9.12. The normalized spacial score (nSPS) is 13.1. The lowest BCUT2D eigenvalue weighted by atomic mass is 9.96. The van der Waals surface area contributed by atoms with Crippen molar-refractivity contribution in [1.82, 2.24) is 5.43 Å². The van der Waals surface area contributed by atoms with Crippen LogP contribution in [0.1, 0.15) is 34.4 Å². The number of nitriles is 1. The van der Waals surface area contributed by atoms with Gasteiger partial charge < -0.3 is 5.32 Å². The quantitative estimate of drug-likeness (QED) is 0.481. The van der Waals surface area contributed by atoms with Crippen molar-refractivity contribution in [3.63, 3.8) is 0 Å². The van der Waals surface area contributed by atoms with Crippen molar-refractivity contribution in [2.45, 2.75) is 25.7 Å². The third-order valence-corrected chi connectivity index (χ3v) is 5.54. The van der Waals surface area contributed by atoms with Gasteiger partial charge >= 0.3 is 11.8 Å². The second-order valence-electron chi connectivity index (χ2n) is 5.70. The molecule has 0 fully saturated rings. The van der Waals surface area contributed by atoms with Crippen LogP contribution >= 0.6 is 22.9 Å². The maximum Gasteiger partial charge on any atom is 0.329 e. The number of halogens is 1. The number of nitrogens with zero attached hydrogens (tertiary/aromatic N) is 2. The van der Waals surface area contributed by atoms with Gasteiger partial charge in [0.05, 0.1) is 11.8 Å². The first-order valence-corrected chi connectivity index (χ1v) is 9.23. The zero-order chi connectivity index (χ0) is 18.5. The lowest BCUT2D eigenvalue weighted by Gasteiger charge is -2.09. The van der Waals surface area contributed by atoms with E-state index in [4.69, 9.17) is 11.6 Å². The molecule has 132 valence electrons. The second kappa shape index (κ2) is 8.13. The predicted octanol–water partition coefficient (Wildman–Crippen LogP) is 3.24. The molecule has 3 rings (SSSR count). The maximum atomic E-state index is 12.1. The smallest absolute Gasteiger partial charge is 0.308 e. The monoisotopic (exact) mass is 386 g/mol. The number of benzene rings is 1. The summed E-state index contributed by atoms with van der Waals surface area (Å²) in [5, 5.41) is 16.6. The summed E-state index contributed by atoms with van der Waals surface area (Å²) in [4.78, 5) is 25.1. The van der Waals surface area contributed by atoms with Gasteiger partial charge in [0.1, 0.15) is 11.1 Å². The van der Waals surface area contributed by atoms with Gasteiger partial charge in [-0.25, -0.2) is 5.43 Å². The Morgan fingerprint density at radius 1 is 1.23 bits per heavy atom. The first kappa shape index (κ1) is 18.1. The zero-order valence-corrected chi connectivity index (χ0v) is 15.3. The minimum absolute atomic E-state index is 0.426. The Bertz CT molecular complexity index is 930. The third-order valence-electron chi connectivity index (χ3n) is 3.99. The molecule has 1 aromatic carbocycles. The van der Waals surface area contributed by atoms with Crippen molar-refractivity contribution in [2.75, 3.05) is 5.32 Å². The molecule has 2 amide bonds. The second-order valence-corrected chi connectivity index (χ2v) is 7.21. The summed E-state index contributed by atoms with van der Waals surface area (Å²) in [5.74, 6) is -1.78. The summed E-state index contributed by atoms with van der Waals surface area (Å²) in [5.41, 5.74) is 4.24. The number of fused-ring (bicyclic) bond motifs is 1. The van der Waals surface area contributed by atoms with Crippen LogP contribution in [0.2, 0.25) is 5.02 Å². The highest BCUT2D eigenvalue weighted by molar-refractivity contribution is 7.16. The van der Waals surface area contributed by atoms with Gasteiger partial charge in [0.2, 0.25) is 0 Å². The molecule has 6 nitrogen and oxygen atoms in total. The molecule has 0 unspecified atom stereocenters. The molecule has 26 heavy (non-hydrogen) atoms. The van der Waals surface area contributed by atoms with Gasteiger partial charge in [-0.1, -0.05) is 29.8 Å². The molecule has 0 spiro atoms. The Morgan fingerprint density at radius 2 is 2.00 bits per heavy atom. The number of rotatable bonds is 3. The summed E-state index contributed by atoms with van der Waals surface area (Å²) in [6.45, 7) is 0. The van der Waals surface area contributed by atoms with Gasteiger partial charge in [-0.15, -0.1) is 11.3 Å². The molecule has 1 aliphatic rings. The number of anilines is 1. The van der Waals surface area contributed by atoms with E-state index in [1.807, 2.05) is 0 Å². The first-order valence-electron chi connectivity index (χ1n) is 8.03. The molecule has 1 aliphatic carbocycles. The summed E-state index contributed by atoms with van der Waals surface area (Å²) in [7, 11) is 0. The van der Waals surface area contributed by atoms with Gasteiger partial charge in [0.25, 0.3) is 0 Å². The van der Waals surface area contributed by atoms with Crippen molar-refractivity contribution in [2.24, 2.45) is 5.10 Å². The van der Waals surface area contributed by atoms with Crippen LogP contribution in [-0.2, 0) is 22.4 Å². The number of aryl methyl sites for hydroxylation is 1. The van der Waals surface area contributed by atoms with Crippen molar-refractivity contribution in [3.05, 3.63) is 50.9 Å². The molecule has 2 aromatic rings. The van der Waals surface area contributed by atoms with Gasteiger partial charge in [-0.3, -0.25) is 9.59 Å². The number of amides is 2. The summed E-state index contributed by atoms with van der Waals surface area (Å²) in [6.07, 6.45) is 5.20. The highest BCUT2D eigenvalue weighted by Gasteiger charge is 2.23. The Hall–Kier alpha value is -2.69. The predicted molar refractivity (Wildman–Crippen MR) is 101 cm³/mol. The third kappa shape index (κ3) is 3.93. The van der Waals surface area contributed by atoms with E-state index in [1.54, 1.807) is 24.3 Å². The van der Waals surface area contributed by atoms with E-state index >= 15 is 0 Å². The van der Waals surface area contributed by atoms with E-state index in [0.29, 0.717) is 21.2 Å². The van der Waals surface area contributed by atoms with Crippen molar-refractivity contribution in [1.29, 1.82) is 5.26 Å². The number of carbonyl (C=O) groups is 2. The fraction of sp³-hybridized carbons (Fsp3) is 0.222. The van der Waals surface area contributed by atoms with E-state index in [9.17, 15) is 14.9 Å². The van der Waals surface area contributed by atoms with Crippen LogP contribution in [0.3, 0.4) is 0 Å². The van der Waals surface area contributed by atoms with Gasteiger partial charge in [0, 0.05) is 15.5 Å². The Labute approximate surface area is 159 Å². The van der Waals surface area contributed by atoms with Gasteiger partial charge in [-0.2, -0.15) is 10.4 Å². The molecular weight excluding hydrogens is 372 g/mol. The number of carbonyl (C=O) groups excluding carboxylic acids is 2. The van der Waals surface area contributed by atoms with E-state index in [-0.39, 0.29) is 0 Å². The molecular formula is C18H15ClN4O2S. The van der Waals surface area contributed by atoms with Gasteiger partial charge in [0.15, 0.2) is 0 Å². The molecule has 2 N–H and O–H groups in total. The highest BCUT2D eigenvalue weighted by atomic mass is 35.5. The fourth-order valence-corrected chi connectivity index (χ4v) is 4.14. The maximum absolute atomic E-state index is 12.1. The number of hydrazone groups is 1. The molecule has 1 heterocycles. The largest absolute Gasteiger partial charge is 0.329 e. The Morgan fingerprint density at radius 3 is 2.77 bits per heavy atom. The Balaban J connectivity index is 1.65. The van der Waals surface area contributed by atoms with Crippen molar-refractivity contribution in [3.8, 4) is 6.07 Å². The lowest BCUT2D eigenvalue weighted by molar-refractivity contribution is -0.136. The highest BCUT2D eigenvalue weighted by Crippen LogP contribution is 2.37. The van der Waals surface area contributed by atoms with Crippen molar-refractivity contribution >= 4 is 46.0 Å². The van der Waals surface area contributed by atoms with Crippen LogP contribution in [-0.4, -0.2) is 18.0 Å². The van der Waals surface area contributed by atoms with Crippen LogP contribution in [0.4, 0.5) is 5.00 Å². The van der Waals surface area contributed by atoms with Crippen LogP contribution < -0.4 is 10.7 Å². The lowest BCUT2D eigenvalue weighted by Crippen LogP contribution is -2.32. The Kier molecular flexibility index (Phi) is 5.66. The molecule has 0 saturated heterocycles. The first-order chi connectivity index (χ1) is 12.6. The average molecular weight is 387 g/mol. The van der Waals surface area contributed by atoms with Crippen LogP contribution in [0, 0.1) is 11.3 Å². The number of nitrogens with one attached hydrogen (secondary N) is 2. The van der Waals surface area contributed by atoms with E-state index in [1.165, 1.54) is 17.6 Å². The number of hydrogen-bond acceptors (Lipinski definition) is 5. The molecule has 0 aliphatic heterocycles. The molecule has 0 atom stereocenters. The van der Waals surface area contributed by atoms with Crippen LogP contribution in [0.25, 0.3) is 0 Å². The molecule has 0 saturated carbocycles. The summed E-state index contributed by atoms with van der Waals surface area (Å²) < 4.78 is 0. The average Bonchev–Trinajstić information content (AvgIpc) is 3.00. The van der Waals surface area contributed by atoms with E-state index in [2.05, 4.69) is 21.9 Å². The minimum Gasteiger partial charge on any atom is -0.308 e. The van der Waals surface area contributed by atoms with Crippen LogP contribution in [0.5, 0.6) is 0 Å². The van der Waals surface area contributed by atoms with E-state index < -0.39 is 11.8 Å². The van der Waals surface area contributed by atoms with Crippen molar-refractivity contribution < 1.29 is 9.59 Å². The summed E-state index contributed by atoms with van der Waals surface area (Å²) >= 11 is 7.34. The topological polar surface area (TPSA) is 94.4 Å². The van der Waals surface area contributed by atoms with Crippen LogP contribution in [0.15, 0.2) is 29.4 Å². The molecule has 0 radical (unpaired) electrons.